The molecule has 0 saturated carbocycles. The van der Waals surface area contributed by atoms with Gasteiger partial charge in [-0.25, -0.2) is 0 Å². The predicted octanol–water partition coefficient (Wildman–Crippen LogP) is 3.46. The van der Waals surface area contributed by atoms with Crippen molar-refractivity contribution in [2.24, 2.45) is 0 Å². The molecule has 2 rings (SSSR count). The molecule has 0 saturated heterocycles. The molecule has 0 aliphatic rings. The Bertz CT molecular complexity index is 671. The van der Waals surface area contributed by atoms with Crippen LogP contribution in [0.2, 0.25) is 0 Å². The Labute approximate surface area is 137 Å². The van der Waals surface area contributed by atoms with Gasteiger partial charge in [0.05, 0.1) is 6.54 Å². The Morgan fingerprint density at radius 2 is 1.59 bits per heavy atom. The van der Waals surface area contributed by atoms with Gasteiger partial charge in [-0.05, 0) is 42.5 Å². The molecule has 5 nitrogen and oxygen atoms in total. The first-order valence-corrected chi connectivity index (χ1v) is 7.49. The highest BCUT2D eigenvalue weighted by atomic mass is 79.9. The van der Waals surface area contributed by atoms with Crippen LogP contribution in [-0.4, -0.2) is 18.4 Å². The van der Waals surface area contributed by atoms with Crippen molar-refractivity contribution < 1.29 is 9.59 Å². The van der Waals surface area contributed by atoms with Crippen LogP contribution in [0.1, 0.15) is 6.92 Å². The second kappa shape index (κ2) is 7.61. The lowest BCUT2D eigenvalue weighted by Gasteiger charge is -2.09. The molecular formula is C16H16BrN3O2. The number of carbonyl (C=O) groups is 2. The monoisotopic (exact) mass is 361 g/mol. The minimum Gasteiger partial charge on any atom is -0.376 e. The summed E-state index contributed by atoms with van der Waals surface area (Å²) in [6.45, 7) is 1.60. The Kier molecular flexibility index (Phi) is 5.55. The first kappa shape index (κ1) is 16.0. The molecule has 0 radical (unpaired) electrons. The summed E-state index contributed by atoms with van der Waals surface area (Å²) in [4.78, 5) is 22.9. The van der Waals surface area contributed by atoms with E-state index in [1.807, 2.05) is 24.3 Å². The molecule has 3 N–H and O–H groups in total. The van der Waals surface area contributed by atoms with Gasteiger partial charge in [0.15, 0.2) is 0 Å². The number of benzene rings is 2. The molecule has 114 valence electrons. The SMILES string of the molecule is CC(=O)Nc1cccc(NC(=O)CNc2ccc(Br)cc2)c1. The number of hydrogen-bond acceptors (Lipinski definition) is 3. The molecular weight excluding hydrogens is 346 g/mol. The van der Waals surface area contributed by atoms with Crippen LogP contribution in [0.3, 0.4) is 0 Å². The van der Waals surface area contributed by atoms with E-state index < -0.39 is 0 Å². The van der Waals surface area contributed by atoms with Gasteiger partial charge in [0.1, 0.15) is 0 Å². The van der Waals surface area contributed by atoms with E-state index in [-0.39, 0.29) is 18.4 Å². The number of anilines is 3. The summed E-state index contributed by atoms with van der Waals surface area (Å²) >= 11 is 3.36. The molecule has 0 bridgehead atoms. The highest BCUT2D eigenvalue weighted by Gasteiger charge is 2.04. The average molecular weight is 362 g/mol. The van der Waals surface area contributed by atoms with Gasteiger partial charge < -0.3 is 16.0 Å². The fraction of sp³-hybridized carbons (Fsp3) is 0.125. The zero-order valence-corrected chi connectivity index (χ0v) is 13.6. The smallest absolute Gasteiger partial charge is 0.243 e. The molecule has 0 atom stereocenters. The molecule has 0 unspecified atom stereocenters. The maximum atomic E-state index is 11.9. The third kappa shape index (κ3) is 5.21. The maximum absolute atomic E-state index is 11.9. The van der Waals surface area contributed by atoms with Gasteiger partial charge in [-0.2, -0.15) is 0 Å². The molecule has 0 heterocycles. The van der Waals surface area contributed by atoms with Crippen molar-refractivity contribution in [2.45, 2.75) is 6.92 Å². The third-order valence-electron chi connectivity index (χ3n) is 2.76. The molecule has 22 heavy (non-hydrogen) atoms. The van der Waals surface area contributed by atoms with Gasteiger partial charge >= 0.3 is 0 Å². The fourth-order valence-corrected chi connectivity index (χ4v) is 2.10. The Morgan fingerprint density at radius 1 is 0.955 bits per heavy atom. The highest BCUT2D eigenvalue weighted by molar-refractivity contribution is 9.10. The van der Waals surface area contributed by atoms with Crippen LogP contribution in [0.15, 0.2) is 53.0 Å². The van der Waals surface area contributed by atoms with E-state index in [2.05, 4.69) is 31.9 Å². The van der Waals surface area contributed by atoms with Crippen molar-refractivity contribution in [2.75, 3.05) is 22.5 Å². The standard InChI is InChI=1S/C16H16BrN3O2/c1-11(21)19-14-3-2-4-15(9-14)20-16(22)10-18-13-7-5-12(17)6-8-13/h2-9,18H,10H2,1H3,(H,19,21)(H,20,22). The van der Waals surface area contributed by atoms with Crippen LogP contribution >= 0.6 is 15.9 Å². The van der Waals surface area contributed by atoms with Crippen molar-refractivity contribution in [1.82, 2.24) is 0 Å². The maximum Gasteiger partial charge on any atom is 0.243 e. The van der Waals surface area contributed by atoms with Crippen LogP contribution in [0.25, 0.3) is 0 Å². The summed E-state index contributed by atoms with van der Waals surface area (Å²) in [5.41, 5.74) is 2.14. The molecule has 0 aliphatic carbocycles. The highest BCUT2D eigenvalue weighted by Crippen LogP contribution is 2.16. The third-order valence-corrected chi connectivity index (χ3v) is 3.29. The van der Waals surface area contributed by atoms with Crippen LogP contribution in [-0.2, 0) is 9.59 Å². The molecule has 6 heteroatoms. The predicted molar refractivity (Wildman–Crippen MR) is 92.0 cm³/mol. The van der Waals surface area contributed by atoms with Gasteiger partial charge in [-0.15, -0.1) is 0 Å². The number of hydrogen-bond donors (Lipinski definition) is 3. The van der Waals surface area contributed by atoms with Crippen molar-refractivity contribution in [1.29, 1.82) is 0 Å². The lowest BCUT2D eigenvalue weighted by Crippen LogP contribution is -2.21. The van der Waals surface area contributed by atoms with Gasteiger partial charge in [-0.1, -0.05) is 22.0 Å². The fourth-order valence-electron chi connectivity index (χ4n) is 1.83. The van der Waals surface area contributed by atoms with Crippen LogP contribution in [0.4, 0.5) is 17.1 Å². The van der Waals surface area contributed by atoms with Gasteiger partial charge in [-0.3, -0.25) is 9.59 Å². The molecule has 0 fully saturated rings. The largest absolute Gasteiger partial charge is 0.376 e. The number of rotatable bonds is 5. The Hall–Kier alpha value is -2.34. The van der Waals surface area contributed by atoms with Crippen LogP contribution in [0.5, 0.6) is 0 Å². The van der Waals surface area contributed by atoms with Gasteiger partial charge in [0.2, 0.25) is 11.8 Å². The molecule has 0 spiro atoms. The van der Waals surface area contributed by atoms with Crippen LogP contribution < -0.4 is 16.0 Å². The van der Waals surface area contributed by atoms with E-state index in [0.717, 1.165) is 10.2 Å². The average Bonchev–Trinajstić information content (AvgIpc) is 2.46. The van der Waals surface area contributed by atoms with E-state index in [9.17, 15) is 9.59 Å². The van der Waals surface area contributed by atoms with Crippen molar-refractivity contribution >= 4 is 44.8 Å². The Morgan fingerprint density at radius 3 is 2.23 bits per heavy atom. The normalized spacial score (nSPS) is 9.91. The second-order valence-corrected chi connectivity index (χ2v) is 5.59. The Balaban J connectivity index is 1.89. The van der Waals surface area contributed by atoms with Gasteiger partial charge in [0.25, 0.3) is 0 Å². The minimum absolute atomic E-state index is 0.152. The van der Waals surface area contributed by atoms with Crippen molar-refractivity contribution in [3.63, 3.8) is 0 Å². The van der Waals surface area contributed by atoms with Crippen molar-refractivity contribution in [3.8, 4) is 0 Å². The van der Waals surface area contributed by atoms with E-state index in [1.165, 1.54) is 6.92 Å². The summed E-state index contributed by atoms with van der Waals surface area (Å²) < 4.78 is 0.984. The molecule has 2 amide bonds. The van der Waals surface area contributed by atoms with E-state index in [4.69, 9.17) is 0 Å². The quantitative estimate of drug-likeness (QED) is 0.763. The molecule has 2 aromatic carbocycles. The molecule has 0 aliphatic heterocycles. The van der Waals surface area contributed by atoms with Crippen molar-refractivity contribution in [3.05, 3.63) is 53.0 Å². The first-order valence-electron chi connectivity index (χ1n) is 6.70. The van der Waals surface area contributed by atoms with Gasteiger partial charge in [0, 0.05) is 28.5 Å². The number of carbonyl (C=O) groups excluding carboxylic acids is 2. The zero-order valence-electron chi connectivity index (χ0n) is 12.0. The van der Waals surface area contributed by atoms with E-state index in [0.29, 0.717) is 11.4 Å². The summed E-state index contributed by atoms with van der Waals surface area (Å²) in [6, 6.07) is 14.6. The lowest BCUT2D eigenvalue weighted by atomic mass is 10.2. The summed E-state index contributed by atoms with van der Waals surface area (Å²) in [5, 5.41) is 8.48. The number of halogens is 1. The first-order chi connectivity index (χ1) is 10.5. The second-order valence-electron chi connectivity index (χ2n) is 4.67. The zero-order chi connectivity index (χ0) is 15.9. The number of amides is 2. The lowest BCUT2D eigenvalue weighted by molar-refractivity contribution is -0.115. The minimum atomic E-state index is -0.164. The molecule has 2 aromatic rings. The van der Waals surface area contributed by atoms with E-state index >= 15 is 0 Å². The molecule has 0 aromatic heterocycles. The topological polar surface area (TPSA) is 70.2 Å². The summed E-state index contributed by atoms with van der Waals surface area (Å²) in [6.07, 6.45) is 0. The van der Waals surface area contributed by atoms with Crippen LogP contribution in [0, 0.1) is 0 Å². The number of nitrogens with one attached hydrogen (secondary N) is 3. The van der Waals surface area contributed by atoms with E-state index in [1.54, 1.807) is 24.3 Å². The summed E-state index contributed by atoms with van der Waals surface area (Å²) in [5.74, 6) is -0.316. The summed E-state index contributed by atoms with van der Waals surface area (Å²) in [7, 11) is 0.